The summed E-state index contributed by atoms with van der Waals surface area (Å²) in [6, 6.07) is 16.6. The highest BCUT2D eigenvalue weighted by molar-refractivity contribution is 7.15. The van der Waals surface area contributed by atoms with E-state index in [1.807, 2.05) is 24.3 Å². The van der Waals surface area contributed by atoms with E-state index in [9.17, 15) is 4.79 Å². The molecule has 1 saturated carbocycles. The molecule has 1 atom stereocenters. The van der Waals surface area contributed by atoms with Gasteiger partial charge in [-0.05, 0) is 55.7 Å². The van der Waals surface area contributed by atoms with Crippen molar-refractivity contribution in [1.82, 2.24) is 20.1 Å². The molecule has 10 heteroatoms. The fourth-order valence-corrected chi connectivity index (χ4v) is 6.61. The van der Waals surface area contributed by atoms with Crippen molar-refractivity contribution in [2.45, 2.75) is 51.1 Å². The van der Waals surface area contributed by atoms with Crippen molar-refractivity contribution in [2.24, 2.45) is 4.99 Å². The number of halogens is 1. The summed E-state index contributed by atoms with van der Waals surface area (Å²) in [6.45, 7) is 2.15. The lowest BCUT2D eigenvalue weighted by molar-refractivity contribution is 0.248. The van der Waals surface area contributed by atoms with Crippen molar-refractivity contribution in [3.8, 4) is 10.8 Å². The fraction of sp³-hybridized carbons (Fsp3) is 0.310. The number of carbonyl (C=O) groups is 1. The number of anilines is 1. The van der Waals surface area contributed by atoms with Gasteiger partial charge in [0.15, 0.2) is 12.0 Å². The second-order valence-corrected chi connectivity index (χ2v) is 11.2. The summed E-state index contributed by atoms with van der Waals surface area (Å²) in [4.78, 5) is 19.6. The average Bonchev–Trinajstić information content (AvgIpc) is 3.70. The molecule has 0 saturated heterocycles. The molecule has 2 N–H and O–H groups in total. The maximum absolute atomic E-state index is 13.2. The Labute approximate surface area is 236 Å². The molecule has 0 radical (unpaired) electrons. The Bertz CT molecular complexity index is 1540. The zero-order valence-corrected chi connectivity index (χ0v) is 23.4. The van der Waals surface area contributed by atoms with Crippen LogP contribution >= 0.6 is 22.9 Å². The van der Waals surface area contributed by atoms with Gasteiger partial charge in [-0.1, -0.05) is 49.6 Å². The van der Waals surface area contributed by atoms with Crippen LogP contribution in [-0.4, -0.2) is 33.6 Å². The summed E-state index contributed by atoms with van der Waals surface area (Å²) in [6.07, 6.45) is 4.63. The van der Waals surface area contributed by atoms with Crippen molar-refractivity contribution in [3.05, 3.63) is 87.3 Å². The van der Waals surface area contributed by atoms with Gasteiger partial charge in [0, 0.05) is 32.6 Å². The van der Waals surface area contributed by atoms with Crippen LogP contribution in [0, 0.1) is 0 Å². The lowest BCUT2D eigenvalue weighted by atomic mass is 10.0. The lowest BCUT2D eigenvalue weighted by Gasteiger charge is -2.16. The number of fused-ring (bicyclic) bond motifs is 3. The Hall–Kier alpha value is -3.69. The predicted molar refractivity (Wildman–Crippen MR) is 155 cm³/mol. The van der Waals surface area contributed by atoms with Gasteiger partial charge < -0.3 is 15.4 Å². The van der Waals surface area contributed by atoms with E-state index in [0.29, 0.717) is 28.2 Å². The van der Waals surface area contributed by atoms with E-state index in [1.165, 1.54) is 17.7 Å². The van der Waals surface area contributed by atoms with Crippen molar-refractivity contribution >= 4 is 40.4 Å². The number of nitrogens with zero attached hydrogens (tertiary/aromatic N) is 4. The number of amides is 2. The van der Waals surface area contributed by atoms with Crippen LogP contribution in [0.4, 0.5) is 10.5 Å². The van der Waals surface area contributed by atoms with Gasteiger partial charge in [0.05, 0.1) is 12.8 Å². The standard InChI is InChI=1S/C29H29ClN6O2S/c1-3-20-16-22-24(21-10-6-7-11-23(21)30)32-25(33-29(37)31-18-12-14-19(38-2)15-13-18)27-35-34-26(17-8-4-5-9-17)36(27)28(22)39-20/h6-7,10-17,25H,3-5,8-9H2,1-2H3,(H2,31,33,37). The molecule has 2 aliphatic rings. The quantitative estimate of drug-likeness (QED) is 0.269. The van der Waals surface area contributed by atoms with E-state index >= 15 is 0 Å². The van der Waals surface area contributed by atoms with Crippen LogP contribution in [0.15, 0.2) is 59.6 Å². The highest BCUT2D eigenvalue weighted by atomic mass is 35.5. The predicted octanol–water partition coefficient (Wildman–Crippen LogP) is 6.88. The van der Waals surface area contributed by atoms with Gasteiger partial charge in [-0.3, -0.25) is 9.56 Å². The average molecular weight is 561 g/mol. The molecular weight excluding hydrogens is 532 g/mol. The Morgan fingerprint density at radius 2 is 1.82 bits per heavy atom. The number of methoxy groups -OCH3 is 1. The van der Waals surface area contributed by atoms with E-state index in [0.717, 1.165) is 46.9 Å². The number of hydrogen-bond donors (Lipinski definition) is 2. The summed E-state index contributed by atoms with van der Waals surface area (Å²) in [5, 5.41) is 16.9. The van der Waals surface area contributed by atoms with Crippen molar-refractivity contribution in [3.63, 3.8) is 0 Å². The minimum absolute atomic E-state index is 0.321. The molecule has 1 aliphatic heterocycles. The number of aromatic nitrogens is 3. The smallest absolute Gasteiger partial charge is 0.321 e. The second-order valence-electron chi connectivity index (χ2n) is 9.71. The van der Waals surface area contributed by atoms with Crippen LogP contribution in [0.25, 0.3) is 5.00 Å². The van der Waals surface area contributed by atoms with Gasteiger partial charge >= 0.3 is 6.03 Å². The number of aliphatic imine (C=N–C) groups is 1. The van der Waals surface area contributed by atoms with Crippen LogP contribution in [0.3, 0.4) is 0 Å². The molecule has 39 heavy (non-hydrogen) atoms. The Kier molecular flexibility index (Phi) is 7.10. The molecule has 200 valence electrons. The van der Waals surface area contributed by atoms with Crippen LogP contribution in [0.1, 0.15) is 72.3 Å². The Balaban J connectivity index is 1.46. The first-order chi connectivity index (χ1) is 19.1. The summed E-state index contributed by atoms with van der Waals surface area (Å²) in [5.74, 6) is 2.56. The zero-order chi connectivity index (χ0) is 26.9. The largest absolute Gasteiger partial charge is 0.497 e. The van der Waals surface area contributed by atoms with Gasteiger partial charge in [0.2, 0.25) is 0 Å². The maximum atomic E-state index is 13.2. The Morgan fingerprint density at radius 1 is 1.08 bits per heavy atom. The van der Waals surface area contributed by atoms with E-state index in [-0.39, 0.29) is 0 Å². The zero-order valence-electron chi connectivity index (χ0n) is 21.8. The summed E-state index contributed by atoms with van der Waals surface area (Å²) in [7, 11) is 1.61. The van der Waals surface area contributed by atoms with Crippen LogP contribution < -0.4 is 15.4 Å². The third-order valence-corrected chi connectivity index (χ3v) is 8.85. The first kappa shape index (κ1) is 25.6. The molecule has 1 unspecified atom stereocenters. The number of nitrogens with one attached hydrogen (secondary N) is 2. The van der Waals surface area contributed by atoms with Gasteiger partial charge in [0.1, 0.15) is 16.6 Å². The Morgan fingerprint density at radius 3 is 2.54 bits per heavy atom. The monoisotopic (exact) mass is 560 g/mol. The molecule has 2 amide bonds. The molecule has 2 aromatic carbocycles. The normalized spacial score (nSPS) is 16.7. The highest BCUT2D eigenvalue weighted by Crippen LogP contribution is 2.41. The van der Waals surface area contributed by atoms with Gasteiger partial charge in [-0.15, -0.1) is 21.5 Å². The molecule has 3 heterocycles. The van der Waals surface area contributed by atoms with Crippen molar-refractivity contribution in [1.29, 1.82) is 0 Å². The molecule has 0 bridgehead atoms. The second kappa shape index (κ2) is 10.8. The number of benzene rings is 2. The van der Waals surface area contributed by atoms with Crippen LogP contribution in [0.2, 0.25) is 5.02 Å². The molecule has 1 fully saturated rings. The number of urea groups is 1. The molecule has 0 spiro atoms. The highest BCUT2D eigenvalue weighted by Gasteiger charge is 2.34. The number of hydrogen-bond acceptors (Lipinski definition) is 6. The minimum Gasteiger partial charge on any atom is -0.497 e. The number of ether oxygens (including phenoxy) is 1. The minimum atomic E-state index is -0.776. The van der Waals surface area contributed by atoms with Gasteiger partial charge in [-0.2, -0.15) is 0 Å². The van der Waals surface area contributed by atoms with Crippen LogP contribution in [-0.2, 0) is 6.42 Å². The SMILES string of the molecule is CCc1cc2c(s1)-n1c(C3CCCC3)nnc1C(NC(=O)Nc1ccc(OC)cc1)N=C2c1ccccc1Cl. The first-order valence-corrected chi connectivity index (χ1v) is 14.4. The van der Waals surface area contributed by atoms with Crippen molar-refractivity contribution < 1.29 is 9.53 Å². The van der Waals surface area contributed by atoms with E-state index in [1.54, 1.807) is 42.7 Å². The van der Waals surface area contributed by atoms with E-state index in [4.69, 9.17) is 21.3 Å². The number of rotatable bonds is 6. The third kappa shape index (κ3) is 4.92. The molecule has 6 rings (SSSR count). The van der Waals surface area contributed by atoms with E-state index in [2.05, 4.69) is 38.4 Å². The summed E-state index contributed by atoms with van der Waals surface area (Å²) in [5.41, 5.74) is 3.15. The molecule has 1 aliphatic carbocycles. The molecule has 2 aromatic heterocycles. The third-order valence-electron chi connectivity index (χ3n) is 7.25. The topological polar surface area (TPSA) is 93.4 Å². The number of thiophene rings is 1. The first-order valence-electron chi connectivity index (χ1n) is 13.2. The van der Waals surface area contributed by atoms with E-state index < -0.39 is 12.2 Å². The fourth-order valence-electron chi connectivity index (χ4n) is 5.27. The maximum Gasteiger partial charge on any atom is 0.321 e. The molecule has 4 aromatic rings. The van der Waals surface area contributed by atoms with Crippen molar-refractivity contribution in [2.75, 3.05) is 12.4 Å². The number of carbonyl (C=O) groups excluding carboxylic acids is 1. The summed E-state index contributed by atoms with van der Waals surface area (Å²) >= 11 is 8.42. The van der Waals surface area contributed by atoms with Gasteiger partial charge in [0.25, 0.3) is 0 Å². The lowest BCUT2D eigenvalue weighted by Crippen LogP contribution is -2.33. The number of aryl methyl sites for hydroxylation is 1. The van der Waals surface area contributed by atoms with Crippen LogP contribution in [0.5, 0.6) is 5.75 Å². The molecular formula is C29H29ClN6O2S. The molecule has 8 nitrogen and oxygen atoms in total. The summed E-state index contributed by atoms with van der Waals surface area (Å²) < 4.78 is 7.36. The van der Waals surface area contributed by atoms with Gasteiger partial charge in [-0.25, -0.2) is 4.79 Å².